The van der Waals surface area contributed by atoms with Gasteiger partial charge in [0.2, 0.25) is 5.91 Å². The van der Waals surface area contributed by atoms with E-state index in [1.54, 1.807) is 23.0 Å². The molecule has 8 nitrogen and oxygen atoms in total. The van der Waals surface area contributed by atoms with Crippen LogP contribution in [-0.2, 0) is 11.3 Å². The van der Waals surface area contributed by atoms with Gasteiger partial charge in [-0.25, -0.2) is 4.79 Å². The molecule has 8 heteroatoms. The van der Waals surface area contributed by atoms with E-state index in [2.05, 4.69) is 20.8 Å². The minimum atomic E-state index is -0.215. The highest BCUT2D eigenvalue weighted by Gasteiger charge is 2.11. The summed E-state index contributed by atoms with van der Waals surface area (Å²) in [6.45, 7) is 0.724. The van der Waals surface area contributed by atoms with Gasteiger partial charge in [0.1, 0.15) is 0 Å². The lowest BCUT2D eigenvalue weighted by atomic mass is 10.1. The largest absolute Gasteiger partial charge is 0.325 e. The smallest absolute Gasteiger partial charge is 0.321 e. The van der Waals surface area contributed by atoms with Crippen molar-refractivity contribution >= 4 is 23.3 Å². The topological polar surface area (TPSA) is 93.4 Å². The van der Waals surface area contributed by atoms with Crippen LogP contribution < -0.4 is 10.6 Å². The lowest BCUT2D eigenvalue weighted by Gasteiger charge is -2.19. The molecule has 2 aromatic carbocycles. The number of hydrogen-bond acceptors (Lipinski definition) is 4. The summed E-state index contributed by atoms with van der Waals surface area (Å²) in [5.41, 5.74) is 4.35. The number of amides is 3. The molecule has 0 spiro atoms. The Balaban J connectivity index is 1.56. The average molecular weight is 406 g/mol. The average Bonchev–Trinajstić information content (AvgIpc) is 3.23. The fourth-order valence-electron chi connectivity index (χ4n) is 2.95. The molecule has 0 unspecified atom stereocenters. The van der Waals surface area contributed by atoms with E-state index in [1.807, 2.05) is 68.8 Å². The van der Waals surface area contributed by atoms with Gasteiger partial charge in [-0.05, 0) is 49.5 Å². The summed E-state index contributed by atoms with van der Waals surface area (Å²) in [7, 11) is 5.41. The molecule has 0 radical (unpaired) electrons. The van der Waals surface area contributed by atoms with Crippen LogP contribution in [0.4, 0.5) is 16.2 Å². The molecule has 0 aliphatic heterocycles. The number of hydrogen-bond donors (Lipinski definition) is 3. The molecule has 3 amide bonds. The van der Waals surface area contributed by atoms with Crippen LogP contribution in [0.5, 0.6) is 0 Å². The third-order valence-electron chi connectivity index (χ3n) is 4.40. The molecule has 0 atom stereocenters. The van der Waals surface area contributed by atoms with Gasteiger partial charge in [0.25, 0.3) is 0 Å². The van der Waals surface area contributed by atoms with E-state index in [1.165, 1.54) is 0 Å². The highest BCUT2D eigenvalue weighted by molar-refractivity contribution is 5.92. The summed E-state index contributed by atoms with van der Waals surface area (Å²) in [6.07, 6.45) is 3.57. The molecule has 0 fully saturated rings. The second-order valence-electron chi connectivity index (χ2n) is 7.34. The monoisotopic (exact) mass is 406 g/mol. The first-order valence-electron chi connectivity index (χ1n) is 9.55. The third kappa shape index (κ3) is 5.92. The van der Waals surface area contributed by atoms with Crippen LogP contribution in [0.15, 0.2) is 60.9 Å². The van der Waals surface area contributed by atoms with E-state index in [0.29, 0.717) is 24.5 Å². The van der Waals surface area contributed by atoms with Crippen molar-refractivity contribution in [1.82, 2.24) is 20.0 Å². The van der Waals surface area contributed by atoms with Gasteiger partial charge in [0.05, 0.1) is 12.7 Å². The van der Waals surface area contributed by atoms with Crippen molar-refractivity contribution in [2.24, 2.45) is 0 Å². The van der Waals surface area contributed by atoms with Crippen LogP contribution in [-0.4, -0.2) is 59.6 Å². The zero-order chi connectivity index (χ0) is 21.5. The van der Waals surface area contributed by atoms with E-state index < -0.39 is 0 Å². The van der Waals surface area contributed by atoms with Crippen LogP contribution >= 0.6 is 0 Å². The molecule has 0 bridgehead atoms. The number of carbonyl (C=O) groups is 2. The molecule has 0 aliphatic rings. The Labute approximate surface area is 175 Å². The lowest BCUT2D eigenvalue weighted by molar-refractivity contribution is -0.116. The standard InChI is InChI=1S/C22H26N6O2/c1-27(2)15-21(29)25-20-6-4-5-16(11-20)14-28(3)22(30)26-19-9-7-17(8-10-19)18-12-23-24-13-18/h4-13H,14-15H2,1-3H3,(H,23,24)(H,25,29)(H,26,30). The molecule has 1 aromatic heterocycles. The summed E-state index contributed by atoms with van der Waals surface area (Å²) in [5.74, 6) is -0.0814. The Kier molecular flexibility index (Phi) is 6.82. The molecule has 30 heavy (non-hydrogen) atoms. The Morgan fingerprint density at radius 3 is 2.40 bits per heavy atom. The summed E-state index contributed by atoms with van der Waals surface area (Å²) < 4.78 is 0. The van der Waals surface area contributed by atoms with E-state index in [9.17, 15) is 9.59 Å². The predicted octanol–water partition coefficient (Wildman–Crippen LogP) is 3.24. The predicted molar refractivity (Wildman–Crippen MR) is 118 cm³/mol. The second kappa shape index (κ2) is 9.71. The zero-order valence-corrected chi connectivity index (χ0v) is 17.3. The van der Waals surface area contributed by atoms with Crippen molar-refractivity contribution in [2.75, 3.05) is 38.3 Å². The summed E-state index contributed by atoms with van der Waals surface area (Å²) >= 11 is 0. The maximum absolute atomic E-state index is 12.5. The molecule has 0 saturated heterocycles. The number of anilines is 2. The van der Waals surface area contributed by atoms with Crippen molar-refractivity contribution in [2.45, 2.75) is 6.54 Å². The van der Waals surface area contributed by atoms with Crippen molar-refractivity contribution in [3.8, 4) is 11.1 Å². The summed E-state index contributed by atoms with van der Waals surface area (Å²) in [5, 5.41) is 12.5. The quantitative estimate of drug-likeness (QED) is 0.562. The van der Waals surface area contributed by atoms with E-state index in [4.69, 9.17) is 0 Å². The number of nitrogens with zero attached hydrogens (tertiary/aromatic N) is 3. The molecule has 0 saturated carbocycles. The number of carbonyl (C=O) groups excluding carboxylic acids is 2. The number of H-pyrrole nitrogens is 1. The summed E-state index contributed by atoms with van der Waals surface area (Å²) in [4.78, 5) is 27.9. The number of urea groups is 1. The van der Waals surface area contributed by atoms with Crippen LogP contribution in [0.25, 0.3) is 11.1 Å². The molecule has 156 valence electrons. The lowest BCUT2D eigenvalue weighted by Crippen LogP contribution is -2.31. The first kappa shape index (κ1) is 21.1. The Hall–Kier alpha value is -3.65. The van der Waals surface area contributed by atoms with Gasteiger partial charge in [-0.3, -0.25) is 9.89 Å². The number of aromatic amines is 1. The highest BCUT2D eigenvalue weighted by Crippen LogP contribution is 2.20. The first-order valence-corrected chi connectivity index (χ1v) is 9.55. The maximum atomic E-state index is 12.5. The van der Waals surface area contributed by atoms with Crippen LogP contribution in [0.1, 0.15) is 5.56 Å². The summed E-state index contributed by atoms with van der Waals surface area (Å²) in [6, 6.07) is 14.8. The van der Waals surface area contributed by atoms with Gasteiger partial charge in [-0.1, -0.05) is 24.3 Å². The molecular weight excluding hydrogens is 380 g/mol. The number of likely N-dealkylation sites (N-methyl/N-ethyl adjacent to an activating group) is 1. The molecule has 3 aromatic rings. The minimum absolute atomic E-state index is 0.0814. The van der Waals surface area contributed by atoms with Crippen molar-refractivity contribution < 1.29 is 9.59 Å². The number of aromatic nitrogens is 2. The molecule has 3 N–H and O–H groups in total. The van der Waals surface area contributed by atoms with Gasteiger partial charge in [0.15, 0.2) is 0 Å². The van der Waals surface area contributed by atoms with Gasteiger partial charge in [-0.15, -0.1) is 0 Å². The number of rotatable bonds is 7. The fraction of sp³-hybridized carbons (Fsp3) is 0.227. The molecule has 1 heterocycles. The van der Waals surface area contributed by atoms with Gasteiger partial charge >= 0.3 is 6.03 Å². The minimum Gasteiger partial charge on any atom is -0.325 e. The van der Waals surface area contributed by atoms with E-state index >= 15 is 0 Å². The van der Waals surface area contributed by atoms with E-state index in [0.717, 1.165) is 16.7 Å². The zero-order valence-electron chi connectivity index (χ0n) is 17.3. The van der Waals surface area contributed by atoms with Crippen LogP contribution in [0.2, 0.25) is 0 Å². The Morgan fingerprint density at radius 1 is 0.967 bits per heavy atom. The molecule has 3 rings (SSSR count). The Bertz CT molecular complexity index is 983. The normalized spacial score (nSPS) is 10.7. The number of nitrogens with one attached hydrogen (secondary N) is 3. The first-order chi connectivity index (χ1) is 14.4. The highest BCUT2D eigenvalue weighted by atomic mass is 16.2. The number of benzene rings is 2. The van der Waals surface area contributed by atoms with Gasteiger partial charge < -0.3 is 20.4 Å². The molecule has 0 aliphatic carbocycles. The van der Waals surface area contributed by atoms with Crippen molar-refractivity contribution in [3.63, 3.8) is 0 Å². The SMILES string of the molecule is CN(C)CC(=O)Nc1cccc(CN(C)C(=O)Nc2ccc(-c3cn[nH]c3)cc2)c1. The van der Waals surface area contributed by atoms with Gasteiger partial charge in [-0.2, -0.15) is 5.10 Å². The molecular formula is C22H26N6O2. The van der Waals surface area contributed by atoms with Crippen LogP contribution in [0.3, 0.4) is 0 Å². The maximum Gasteiger partial charge on any atom is 0.321 e. The van der Waals surface area contributed by atoms with Crippen molar-refractivity contribution in [1.29, 1.82) is 0 Å². The third-order valence-corrected chi connectivity index (χ3v) is 4.40. The Morgan fingerprint density at radius 2 is 1.73 bits per heavy atom. The van der Waals surface area contributed by atoms with Crippen LogP contribution in [0, 0.1) is 0 Å². The second-order valence-corrected chi connectivity index (χ2v) is 7.34. The van der Waals surface area contributed by atoms with Crippen molar-refractivity contribution in [3.05, 3.63) is 66.5 Å². The fourth-order valence-corrected chi connectivity index (χ4v) is 2.95. The van der Waals surface area contributed by atoms with Gasteiger partial charge in [0, 0.05) is 36.7 Å². The van der Waals surface area contributed by atoms with E-state index in [-0.39, 0.29) is 11.9 Å².